The van der Waals surface area contributed by atoms with Gasteiger partial charge in [0.25, 0.3) is 0 Å². The predicted molar refractivity (Wildman–Crippen MR) is 85.4 cm³/mol. The van der Waals surface area contributed by atoms with Crippen molar-refractivity contribution in [3.63, 3.8) is 0 Å². The minimum Gasteiger partial charge on any atom is -0.271 e. The molecule has 19 heavy (non-hydrogen) atoms. The SMILES string of the molecule is CC(C)(C)c1ccc(CC(NN)C2CCSC2)cc1. The molecule has 3 heteroatoms. The number of nitrogens with one attached hydrogen (secondary N) is 1. The van der Waals surface area contributed by atoms with Crippen LogP contribution in [0, 0.1) is 5.92 Å². The third kappa shape index (κ3) is 3.98. The number of hydrogen-bond donors (Lipinski definition) is 2. The molecule has 2 rings (SSSR count). The second-order valence-electron chi connectivity index (χ2n) is 6.55. The lowest BCUT2D eigenvalue weighted by molar-refractivity contribution is 0.386. The van der Waals surface area contributed by atoms with Gasteiger partial charge in [-0.05, 0) is 46.8 Å². The highest BCUT2D eigenvalue weighted by atomic mass is 32.2. The summed E-state index contributed by atoms with van der Waals surface area (Å²) in [4.78, 5) is 0. The first kappa shape index (κ1) is 14.9. The first-order valence-corrected chi connectivity index (χ1v) is 8.29. The molecule has 1 fully saturated rings. The van der Waals surface area contributed by atoms with Crippen molar-refractivity contribution < 1.29 is 0 Å². The van der Waals surface area contributed by atoms with Crippen LogP contribution in [-0.2, 0) is 11.8 Å². The molecule has 0 radical (unpaired) electrons. The smallest absolute Gasteiger partial charge is 0.0287 e. The van der Waals surface area contributed by atoms with E-state index >= 15 is 0 Å². The standard InChI is InChI=1S/C16H26N2S/c1-16(2,3)14-6-4-12(5-7-14)10-15(18-17)13-8-9-19-11-13/h4-7,13,15,18H,8-11,17H2,1-3H3. The first-order chi connectivity index (χ1) is 9.00. The molecule has 2 unspecified atom stereocenters. The first-order valence-electron chi connectivity index (χ1n) is 7.14. The van der Waals surface area contributed by atoms with Crippen molar-refractivity contribution in [1.29, 1.82) is 0 Å². The van der Waals surface area contributed by atoms with Crippen LogP contribution >= 0.6 is 11.8 Å². The number of thioether (sulfide) groups is 1. The number of hydrogen-bond acceptors (Lipinski definition) is 3. The summed E-state index contributed by atoms with van der Waals surface area (Å²) in [6, 6.07) is 9.44. The van der Waals surface area contributed by atoms with E-state index in [4.69, 9.17) is 5.84 Å². The Balaban J connectivity index is 2.01. The Morgan fingerprint density at radius 3 is 2.47 bits per heavy atom. The zero-order valence-electron chi connectivity index (χ0n) is 12.3. The molecule has 0 spiro atoms. The van der Waals surface area contributed by atoms with Gasteiger partial charge >= 0.3 is 0 Å². The van der Waals surface area contributed by atoms with E-state index in [1.54, 1.807) is 0 Å². The van der Waals surface area contributed by atoms with Crippen molar-refractivity contribution in [2.45, 2.75) is 45.1 Å². The summed E-state index contributed by atoms with van der Waals surface area (Å²) >= 11 is 2.05. The molecule has 0 aromatic heterocycles. The third-order valence-corrected chi connectivity index (χ3v) is 5.21. The average Bonchev–Trinajstić information content (AvgIpc) is 2.89. The van der Waals surface area contributed by atoms with Crippen molar-refractivity contribution in [1.82, 2.24) is 5.43 Å². The Morgan fingerprint density at radius 1 is 1.32 bits per heavy atom. The van der Waals surface area contributed by atoms with Crippen LogP contribution in [-0.4, -0.2) is 17.5 Å². The maximum atomic E-state index is 5.74. The second-order valence-corrected chi connectivity index (χ2v) is 7.70. The van der Waals surface area contributed by atoms with Crippen molar-refractivity contribution in [3.8, 4) is 0 Å². The van der Waals surface area contributed by atoms with Gasteiger partial charge in [-0.1, -0.05) is 45.0 Å². The molecule has 1 aliphatic heterocycles. The number of rotatable bonds is 4. The zero-order chi connectivity index (χ0) is 13.9. The lowest BCUT2D eigenvalue weighted by Gasteiger charge is -2.23. The zero-order valence-corrected chi connectivity index (χ0v) is 13.1. The van der Waals surface area contributed by atoms with Gasteiger partial charge in [0, 0.05) is 6.04 Å². The van der Waals surface area contributed by atoms with Gasteiger partial charge in [-0.2, -0.15) is 11.8 Å². The van der Waals surface area contributed by atoms with Gasteiger partial charge in [0.2, 0.25) is 0 Å². The normalized spacial score (nSPS) is 21.6. The molecule has 0 aliphatic carbocycles. The van der Waals surface area contributed by atoms with Crippen LogP contribution in [0.2, 0.25) is 0 Å². The van der Waals surface area contributed by atoms with E-state index in [9.17, 15) is 0 Å². The fraction of sp³-hybridized carbons (Fsp3) is 0.625. The molecule has 0 saturated carbocycles. The molecule has 2 nitrogen and oxygen atoms in total. The molecule has 3 N–H and O–H groups in total. The van der Waals surface area contributed by atoms with E-state index in [-0.39, 0.29) is 5.41 Å². The molecule has 0 amide bonds. The van der Waals surface area contributed by atoms with Crippen LogP contribution in [0.15, 0.2) is 24.3 Å². The quantitative estimate of drug-likeness (QED) is 0.656. The monoisotopic (exact) mass is 278 g/mol. The summed E-state index contributed by atoms with van der Waals surface area (Å²) < 4.78 is 0. The van der Waals surface area contributed by atoms with Crippen LogP contribution in [0.25, 0.3) is 0 Å². The summed E-state index contributed by atoms with van der Waals surface area (Å²) in [6.07, 6.45) is 2.33. The van der Waals surface area contributed by atoms with Crippen molar-refractivity contribution in [2.75, 3.05) is 11.5 Å². The largest absolute Gasteiger partial charge is 0.271 e. The fourth-order valence-electron chi connectivity index (χ4n) is 2.63. The minimum atomic E-state index is 0.228. The van der Waals surface area contributed by atoms with E-state index in [1.165, 1.54) is 29.1 Å². The minimum absolute atomic E-state index is 0.228. The molecular formula is C16H26N2S. The van der Waals surface area contributed by atoms with Crippen LogP contribution in [0.3, 0.4) is 0 Å². The lowest BCUT2D eigenvalue weighted by Crippen LogP contribution is -2.42. The highest BCUT2D eigenvalue weighted by Gasteiger charge is 2.24. The maximum Gasteiger partial charge on any atom is 0.0287 e. The molecular weight excluding hydrogens is 252 g/mol. The Kier molecular flexibility index (Phi) is 4.93. The highest BCUT2D eigenvalue weighted by molar-refractivity contribution is 7.99. The molecule has 0 bridgehead atoms. The Morgan fingerprint density at radius 2 is 2.00 bits per heavy atom. The van der Waals surface area contributed by atoms with Gasteiger partial charge in [-0.3, -0.25) is 11.3 Å². The van der Waals surface area contributed by atoms with E-state index in [2.05, 4.69) is 50.5 Å². The van der Waals surface area contributed by atoms with Gasteiger partial charge in [0.1, 0.15) is 0 Å². The van der Waals surface area contributed by atoms with Crippen LogP contribution in [0.4, 0.5) is 0 Å². The van der Waals surface area contributed by atoms with Crippen LogP contribution in [0.5, 0.6) is 0 Å². The molecule has 106 valence electrons. The summed E-state index contributed by atoms with van der Waals surface area (Å²) in [5.74, 6) is 8.99. The maximum absolute atomic E-state index is 5.74. The summed E-state index contributed by atoms with van der Waals surface area (Å²) in [5.41, 5.74) is 6.03. The fourth-order valence-corrected chi connectivity index (χ4v) is 3.96. The number of benzene rings is 1. The Labute approximate surface area is 121 Å². The summed E-state index contributed by atoms with van der Waals surface area (Å²) in [6.45, 7) is 6.76. The summed E-state index contributed by atoms with van der Waals surface area (Å²) in [7, 11) is 0. The van der Waals surface area contributed by atoms with E-state index in [0.29, 0.717) is 6.04 Å². The molecule has 1 heterocycles. The van der Waals surface area contributed by atoms with Crippen molar-refractivity contribution in [3.05, 3.63) is 35.4 Å². The number of hydrazine groups is 1. The van der Waals surface area contributed by atoms with Crippen LogP contribution in [0.1, 0.15) is 38.3 Å². The van der Waals surface area contributed by atoms with Gasteiger partial charge < -0.3 is 0 Å². The van der Waals surface area contributed by atoms with Gasteiger partial charge in [0.05, 0.1) is 0 Å². The third-order valence-electron chi connectivity index (χ3n) is 4.02. The lowest BCUT2D eigenvalue weighted by atomic mass is 9.86. The van der Waals surface area contributed by atoms with Gasteiger partial charge in [-0.25, -0.2) is 0 Å². The predicted octanol–water partition coefficient (Wildman–Crippen LogP) is 3.11. The average molecular weight is 278 g/mol. The summed E-state index contributed by atoms with van der Waals surface area (Å²) in [5, 5.41) is 0. The number of nitrogens with two attached hydrogens (primary N) is 1. The highest BCUT2D eigenvalue weighted by Crippen LogP contribution is 2.28. The van der Waals surface area contributed by atoms with Gasteiger partial charge in [0.15, 0.2) is 0 Å². The van der Waals surface area contributed by atoms with Crippen molar-refractivity contribution >= 4 is 11.8 Å². The Hall–Kier alpha value is -0.510. The van der Waals surface area contributed by atoms with E-state index < -0.39 is 0 Å². The van der Waals surface area contributed by atoms with E-state index in [0.717, 1.165) is 12.3 Å². The Bertz CT molecular complexity index is 388. The molecule has 2 atom stereocenters. The molecule has 1 aliphatic rings. The van der Waals surface area contributed by atoms with Crippen LogP contribution < -0.4 is 11.3 Å². The molecule has 1 saturated heterocycles. The molecule has 1 aromatic carbocycles. The van der Waals surface area contributed by atoms with Gasteiger partial charge in [-0.15, -0.1) is 0 Å². The molecule has 1 aromatic rings. The topological polar surface area (TPSA) is 38.0 Å². The van der Waals surface area contributed by atoms with Crippen molar-refractivity contribution in [2.24, 2.45) is 11.8 Å². The second kappa shape index (κ2) is 6.29. The van der Waals surface area contributed by atoms with E-state index in [1.807, 2.05) is 11.8 Å².